The molecule has 0 radical (unpaired) electrons. The van der Waals surface area contributed by atoms with Gasteiger partial charge in [0.25, 0.3) is 5.91 Å². The molecule has 0 saturated heterocycles. The molecule has 0 fully saturated rings. The standard InChI is InChI=1S/C19H24N2O4/c1-13(2)19(4,12-20)21-18(24)14(3)25-17(23)11-10-16(22)15-8-6-5-7-9-15/h5-9,13-14H,10-11H2,1-4H3,(H,21,24). The van der Waals surface area contributed by atoms with E-state index in [1.807, 2.05) is 13.8 Å². The van der Waals surface area contributed by atoms with Crippen LogP contribution in [0, 0.1) is 17.2 Å². The summed E-state index contributed by atoms with van der Waals surface area (Å²) in [5.74, 6) is -1.44. The van der Waals surface area contributed by atoms with E-state index in [1.54, 1.807) is 37.3 Å². The van der Waals surface area contributed by atoms with Crippen molar-refractivity contribution in [3.63, 3.8) is 0 Å². The molecule has 0 bridgehead atoms. The number of benzene rings is 1. The lowest BCUT2D eigenvalue weighted by atomic mass is 9.90. The molecule has 0 heterocycles. The molecule has 2 unspecified atom stereocenters. The van der Waals surface area contributed by atoms with Crippen LogP contribution in [0.5, 0.6) is 0 Å². The molecular formula is C19H24N2O4. The molecule has 0 aliphatic rings. The maximum atomic E-state index is 12.1. The molecule has 0 saturated carbocycles. The second-order valence-electron chi connectivity index (χ2n) is 6.38. The van der Waals surface area contributed by atoms with E-state index in [4.69, 9.17) is 4.74 Å². The van der Waals surface area contributed by atoms with E-state index in [-0.39, 0.29) is 24.5 Å². The molecule has 1 amide bonds. The van der Waals surface area contributed by atoms with Gasteiger partial charge in [-0.2, -0.15) is 5.26 Å². The number of carbonyl (C=O) groups excluding carboxylic acids is 3. The van der Waals surface area contributed by atoms with Crippen LogP contribution in [0.25, 0.3) is 0 Å². The minimum absolute atomic E-state index is 0.0130. The van der Waals surface area contributed by atoms with Crippen LogP contribution in [0.2, 0.25) is 0 Å². The van der Waals surface area contributed by atoms with Gasteiger partial charge in [-0.25, -0.2) is 0 Å². The Balaban J connectivity index is 2.50. The number of amides is 1. The fourth-order valence-electron chi connectivity index (χ4n) is 1.95. The summed E-state index contributed by atoms with van der Waals surface area (Å²) in [7, 11) is 0. The summed E-state index contributed by atoms with van der Waals surface area (Å²) < 4.78 is 5.06. The third-order valence-corrected chi connectivity index (χ3v) is 4.10. The van der Waals surface area contributed by atoms with Crippen LogP contribution < -0.4 is 5.32 Å². The Kier molecular flexibility index (Phi) is 7.31. The number of hydrogen-bond acceptors (Lipinski definition) is 5. The lowest BCUT2D eigenvalue weighted by Crippen LogP contribution is -2.52. The second-order valence-corrected chi connectivity index (χ2v) is 6.38. The molecule has 0 aromatic heterocycles. The van der Waals surface area contributed by atoms with E-state index < -0.39 is 23.5 Å². The maximum absolute atomic E-state index is 12.1. The van der Waals surface area contributed by atoms with Gasteiger partial charge in [0.05, 0.1) is 12.5 Å². The number of nitrogens with one attached hydrogen (secondary N) is 1. The van der Waals surface area contributed by atoms with E-state index in [0.717, 1.165) is 0 Å². The molecule has 1 aromatic rings. The minimum Gasteiger partial charge on any atom is -0.453 e. The Morgan fingerprint density at radius 3 is 2.28 bits per heavy atom. The molecule has 0 aliphatic carbocycles. The Labute approximate surface area is 148 Å². The van der Waals surface area contributed by atoms with Gasteiger partial charge >= 0.3 is 5.97 Å². The number of Topliss-reactive ketones (excluding diaryl/α,β-unsaturated/α-hetero) is 1. The number of rotatable bonds is 8. The average Bonchev–Trinajstić information content (AvgIpc) is 2.59. The topological polar surface area (TPSA) is 96.3 Å². The predicted molar refractivity (Wildman–Crippen MR) is 92.6 cm³/mol. The van der Waals surface area contributed by atoms with Crippen molar-refractivity contribution in [3.05, 3.63) is 35.9 Å². The van der Waals surface area contributed by atoms with Gasteiger partial charge in [-0.05, 0) is 19.8 Å². The van der Waals surface area contributed by atoms with Gasteiger partial charge in [0, 0.05) is 12.0 Å². The number of nitrogens with zero attached hydrogens (tertiary/aromatic N) is 1. The highest BCUT2D eigenvalue weighted by Crippen LogP contribution is 2.15. The number of hydrogen-bond donors (Lipinski definition) is 1. The van der Waals surface area contributed by atoms with E-state index in [2.05, 4.69) is 11.4 Å². The molecule has 1 N–H and O–H groups in total. The van der Waals surface area contributed by atoms with Gasteiger partial charge in [0.15, 0.2) is 11.9 Å². The molecule has 1 rings (SSSR count). The van der Waals surface area contributed by atoms with Crippen molar-refractivity contribution in [3.8, 4) is 6.07 Å². The van der Waals surface area contributed by atoms with Crippen LogP contribution in [-0.2, 0) is 14.3 Å². The highest BCUT2D eigenvalue weighted by Gasteiger charge is 2.32. The van der Waals surface area contributed by atoms with Crippen LogP contribution in [0.15, 0.2) is 30.3 Å². The molecule has 1 aromatic carbocycles. The van der Waals surface area contributed by atoms with Crippen molar-refractivity contribution in [1.29, 1.82) is 5.26 Å². The molecule has 25 heavy (non-hydrogen) atoms. The summed E-state index contributed by atoms with van der Waals surface area (Å²) in [6.07, 6.45) is -1.13. The molecule has 2 atom stereocenters. The third kappa shape index (κ3) is 6.03. The fourth-order valence-corrected chi connectivity index (χ4v) is 1.95. The minimum atomic E-state index is -1.04. The highest BCUT2D eigenvalue weighted by molar-refractivity contribution is 5.97. The Hall–Kier alpha value is -2.68. The number of ketones is 1. The lowest BCUT2D eigenvalue weighted by molar-refractivity contribution is -0.155. The molecule has 0 spiro atoms. The quantitative estimate of drug-likeness (QED) is 0.577. The van der Waals surface area contributed by atoms with Gasteiger partial charge in [-0.15, -0.1) is 0 Å². The fraction of sp³-hybridized carbons (Fsp3) is 0.474. The summed E-state index contributed by atoms with van der Waals surface area (Å²) in [5, 5.41) is 11.8. The van der Waals surface area contributed by atoms with Gasteiger partial charge in [-0.3, -0.25) is 14.4 Å². The summed E-state index contributed by atoms with van der Waals surface area (Å²) in [6.45, 7) is 6.68. The van der Waals surface area contributed by atoms with Gasteiger partial charge < -0.3 is 10.1 Å². The average molecular weight is 344 g/mol. The second kappa shape index (κ2) is 8.97. The van der Waals surface area contributed by atoms with Gasteiger partial charge in [-0.1, -0.05) is 44.2 Å². The van der Waals surface area contributed by atoms with Crippen LogP contribution in [0.1, 0.15) is 50.9 Å². The van der Waals surface area contributed by atoms with E-state index >= 15 is 0 Å². The van der Waals surface area contributed by atoms with Crippen molar-refractivity contribution in [2.45, 2.75) is 52.2 Å². The zero-order chi connectivity index (χ0) is 19.0. The van der Waals surface area contributed by atoms with Crippen LogP contribution >= 0.6 is 0 Å². The highest BCUT2D eigenvalue weighted by atomic mass is 16.5. The lowest BCUT2D eigenvalue weighted by Gasteiger charge is -2.28. The summed E-state index contributed by atoms with van der Waals surface area (Å²) in [5.41, 5.74) is -0.510. The Morgan fingerprint density at radius 1 is 1.16 bits per heavy atom. The molecule has 6 nitrogen and oxygen atoms in total. The first-order valence-corrected chi connectivity index (χ1v) is 8.20. The Bertz CT molecular complexity index is 664. The number of esters is 1. The summed E-state index contributed by atoms with van der Waals surface area (Å²) in [6, 6.07) is 10.7. The number of nitriles is 1. The zero-order valence-corrected chi connectivity index (χ0v) is 15.0. The normalized spacial score (nSPS) is 14.1. The first-order valence-electron chi connectivity index (χ1n) is 8.20. The smallest absolute Gasteiger partial charge is 0.307 e. The van der Waals surface area contributed by atoms with Crippen LogP contribution in [0.4, 0.5) is 0 Å². The van der Waals surface area contributed by atoms with Gasteiger partial charge in [0.1, 0.15) is 5.54 Å². The zero-order valence-electron chi connectivity index (χ0n) is 15.0. The van der Waals surface area contributed by atoms with Crippen molar-refractivity contribution in [1.82, 2.24) is 5.32 Å². The third-order valence-electron chi connectivity index (χ3n) is 4.10. The van der Waals surface area contributed by atoms with E-state index in [1.165, 1.54) is 6.92 Å². The van der Waals surface area contributed by atoms with Crippen molar-refractivity contribution in [2.24, 2.45) is 5.92 Å². The monoisotopic (exact) mass is 344 g/mol. The maximum Gasteiger partial charge on any atom is 0.307 e. The Morgan fingerprint density at radius 2 is 1.76 bits per heavy atom. The van der Waals surface area contributed by atoms with E-state index in [9.17, 15) is 19.6 Å². The first kappa shape index (κ1) is 20.4. The van der Waals surface area contributed by atoms with Crippen LogP contribution in [0.3, 0.4) is 0 Å². The molecule has 0 aliphatic heterocycles. The van der Waals surface area contributed by atoms with Gasteiger partial charge in [0.2, 0.25) is 0 Å². The summed E-state index contributed by atoms with van der Waals surface area (Å²) >= 11 is 0. The van der Waals surface area contributed by atoms with E-state index in [0.29, 0.717) is 5.56 Å². The number of ether oxygens (including phenoxy) is 1. The number of carbonyl (C=O) groups is 3. The van der Waals surface area contributed by atoms with Crippen LogP contribution in [-0.4, -0.2) is 29.3 Å². The largest absolute Gasteiger partial charge is 0.453 e. The summed E-state index contributed by atoms with van der Waals surface area (Å²) in [4.78, 5) is 35.9. The first-order chi connectivity index (χ1) is 11.7. The van der Waals surface area contributed by atoms with Crippen molar-refractivity contribution >= 4 is 17.7 Å². The van der Waals surface area contributed by atoms with Crippen molar-refractivity contribution < 1.29 is 19.1 Å². The molecular weight excluding hydrogens is 320 g/mol. The SMILES string of the molecule is CC(OC(=O)CCC(=O)c1ccccc1)C(=O)NC(C)(C#N)C(C)C. The predicted octanol–water partition coefficient (Wildman–Crippen LogP) is 2.64. The molecule has 134 valence electrons. The van der Waals surface area contributed by atoms with Crippen molar-refractivity contribution in [2.75, 3.05) is 0 Å². The molecule has 6 heteroatoms.